The summed E-state index contributed by atoms with van der Waals surface area (Å²) in [6, 6.07) is 12.9. The van der Waals surface area contributed by atoms with Gasteiger partial charge in [-0.1, -0.05) is 37.3 Å². The van der Waals surface area contributed by atoms with Crippen molar-refractivity contribution < 1.29 is 0 Å². The van der Waals surface area contributed by atoms with Crippen molar-refractivity contribution in [2.45, 2.75) is 26.3 Å². The van der Waals surface area contributed by atoms with Crippen LogP contribution in [0.5, 0.6) is 0 Å². The van der Waals surface area contributed by atoms with Crippen LogP contribution in [0.4, 0.5) is 0 Å². The first-order chi connectivity index (χ1) is 9.33. The molecule has 0 bridgehead atoms. The SMILES string of the molecule is CC(CNCc1cc(-c2ccccc2)cs1)C1CC1. The maximum absolute atomic E-state index is 3.60. The summed E-state index contributed by atoms with van der Waals surface area (Å²) in [5.74, 6) is 1.84. The molecule has 0 spiro atoms. The van der Waals surface area contributed by atoms with Gasteiger partial charge in [0, 0.05) is 11.4 Å². The summed E-state index contributed by atoms with van der Waals surface area (Å²) in [6.45, 7) is 4.53. The minimum atomic E-state index is 0.841. The van der Waals surface area contributed by atoms with E-state index in [-0.39, 0.29) is 0 Å². The Labute approximate surface area is 119 Å². The van der Waals surface area contributed by atoms with E-state index in [1.54, 1.807) is 0 Å². The summed E-state index contributed by atoms with van der Waals surface area (Å²) in [5.41, 5.74) is 2.66. The Morgan fingerprint density at radius 1 is 1.21 bits per heavy atom. The van der Waals surface area contributed by atoms with Gasteiger partial charge in [0.25, 0.3) is 0 Å². The molecular weight excluding hydrogens is 250 g/mol. The highest BCUT2D eigenvalue weighted by molar-refractivity contribution is 7.10. The Balaban J connectivity index is 1.53. The van der Waals surface area contributed by atoms with Crippen LogP contribution < -0.4 is 5.32 Å². The fraction of sp³-hybridized carbons (Fsp3) is 0.412. The van der Waals surface area contributed by atoms with Crippen molar-refractivity contribution in [1.82, 2.24) is 5.32 Å². The average molecular weight is 271 g/mol. The van der Waals surface area contributed by atoms with Crippen LogP contribution in [0, 0.1) is 11.8 Å². The standard InChI is InChI=1S/C17H21NS/c1-13(14-7-8-14)10-18-11-17-9-16(12-19-17)15-5-3-2-4-6-15/h2-6,9,12-14,18H,7-8,10-11H2,1H3. The van der Waals surface area contributed by atoms with Crippen molar-refractivity contribution >= 4 is 11.3 Å². The Kier molecular flexibility index (Phi) is 4.00. The molecule has 1 heterocycles. The van der Waals surface area contributed by atoms with E-state index in [1.165, 1.54) is 28.8 Å². The molecule has 1 fully saturated rings. The van der Waals surface area contributed by atoms with E-state index in [9.17, 15) is 0 Å². The molecule has 1 unspecified atom stereocenters. The van der Waals surface area contributed by atoms with Crippen LogP contribution in [-0.2, 0) is 6.54 Å². The molecule has 0 amide bonds. The van der Waals surface area contributed by atoms with Crippen molar-refractivity contribution in [3.63, 3.8) is 0 Å². The second kappa shape index (κ2) is 5.89. The summed E-state index contributed by atoms with van der Waals surface area (Å²) in [7, 11) is 0. The first-order valence-corrected chi connectivity index (χ1v) is 8.04. The molecule has 2 aromatic rings. The van der Waals surface area contributed by atoms with Crippen LogP contribution in [0.2, 0.25) is 0 Å². The molecule has 1 nitrogen and oxygen atoms in total. The molecule has 1 saturated carbocycles. The van der Waals surface area contributed by atoms with E-state index in [0.717, 1.165) is 24.9 Å². The lowest BCUT2D eigenvalue weighted by Crippen LogP contribution is -2.21. The molecule has 1 atom stereocenters. The molecule has 19 heavy (non-hydrogen) atoms. The molecule has 1 aromatic heterocycles. The molecule has 1 N–H and O–H groups in total. The van der Waals surface area contributed by atoms with Crippen molar-refractivity contribution in [1.29, 1.82) is 0 Å². The summed E-state index contributed by atoms with van der Waals surface area (Å²) in [4.78, 5) is 1.43. The Hall–Kier alpha value is -1.12. The second-order valence-corrected chi connectivity index (χ2v) is 6.61. The summed E-state index contributed by atoms with van der Waals surface area (Å²) >= 11 is 1.86. The quantitative estimate of drug-likeness (QED) is 0.812. The maximum Gasteiger partial charge on any atom is 0.0300 e. The van der Waals surface area contributed by atoms with Crippen molar-refractivity contribution in [3.05, 3.63) is 46.7 Å². The monoisotopic (exact) mass is 271 g/mol. The smallest absolute Gasteiger partial charge is 0.0300 e. The number of hydrogen-bond donors (Lipinski definition) is 1. The Morgan fingerprint density at radius 2 is 2.00 bits per heavy atom. The predicted octanol–water partition coefficient (Wildman–Crippen LogP) is 4.55. The highest BCUT2D eigenvalue weighted by Gasteiger charge is 2.27. The number of nitrogens with one attached hydrogen (secondary N) is 1. The molecule has 0 radical (unpaired) electrons. The molecule has 100 valence electrons. The van der Waals surface area contributed by atoms with Gasteiger partial charge in [0.15, 0.2) is 0 Å². The maximum atomic E-state index is 3.60. The highest BCUT2D eigenvalue weighted by atomic mass is 32.1. The third-order valence-electron chi connectivity index (χ3n) is 3.95. The lowest BCUT2D eigenvalue weighted by molar-refractivity contribution is 0.463. The van der Waals surface area contributed by atoms with Gasteiger partial charge in [0.05, 0.1) is 0 Å². The average Bonchev–Trinajstić information content (AvgIpc) is 3.20. The zero-order chi connectivity index (χ0) is 13.1. The largest absolute Gasteiger partial charge is 0.312 e. The van der Waals surface area contributed by atoms with Gasteiger partial charge in [-0.3, -0.25) is 0 Å². The van der Waals surface area contributed by atoms with E-state index in [4.69, 9.17) is 0 Å². The van der Waals surface area contributed by atoms with Gasteiger partial charge in [-0.15, -0.1) is 11.3 Å². The second-order valence-electron chi connectivity index (χ2n) is 5.61. The molecule has 3 rings (SSSR count). The van der Waals surface area contributed by atoms with E-state index in [1.807, 2.05) is 11.3 Å². The van der Waals surface area contributed by atoms with Crippen LogP contribution >= 0.6 is 11.3 Å². The van der Waals surface area contributed by atoms with E-state index >= 15 is 0 Å². The normalized spacial score (nSPS) is 16.5. The van der Waals surface area contributed by atoms with Gasteiger partial charge in [-0.2, -0.15) is 0 Å². The fourth-order valence-electron chi connectivity index (χ4n) is 2.51. The summed E-state index contributed by atoms with van der Waals surface area (Å²) < 4.78 is 0. The van der Waals surface area contributed by atoms with Crippen molar-refractivity contribution in [2.75, 3.05) is 6.54 Å². The first kappa shape index (κ1) is 12.9. The van der Waals surface area contributed by atoms with Crippen LogP contribution in [0.25, 0.3) is 11.1 Å². The molecule has 1 aliphatic carbocycles. The van der Waals surface area contributed by atoms with E-state index in [2.05, 4.69) is 54.0 Å². The van der Waals surface area contributed by atoms with Crippen LogP contribution in [0.1, 0.15) is 24.6 Å². The van der Waals surface area contributed by atoms with Gasteiger partial charge in [0.2, 0.25) is 0 Å². The number of hydrogen-bond acceptors (Lipinski definition) is 2. The van der Waals surface area contributed by atoms with Crippen LogP contribution in [-0.4, -0.2) is 6.54 Å². The minimum absolute atomic E-state index is 0.841. The lowest BCUT2D eigenvalue weighted by atomic mass is 10.1. The predicted molar refractivity (Wildman–Crippen MR) is 83.3 cm³/mol. The number of benzene rings is 1. The van der Waals surface area contributed by atoms with E-state index in [0.29, 0.717) is 0 Å². The first-order valence-electron chi connectivity index (χ1n) is 7.16. The number of thiophene rings is 1. The third kappa shape index (κ3) is 3.46. The van der Waals surface area contributed by atoms with Gasteiger partial charge < -0.3 is 5.32 Å². The lowest BCUT2D eigenvalue weighted by Gasteiger charge is -2.10. The summed E-state index contributed by atoms with van der Waals surface area (Å²) in [5, 5.41) is 5.86. The third-order valence-corrected chi connectivity index (χ3v) is 4.89. The fourth-order valence-corrected chi connectivity index (χ4v) is 3.37. The van der Waals surface area contributed by atoms with Crippen LogP contribution in [0.15, 0.2) is 41.8 Å². The molecule has 0 aliphatic heterocycles. The molecule has 1 aliphatic rings. The zero-order valence-corrected chi connectivity index (χ0v) is 12.2. The molecule has 2 heteroatoms. The number of rotatable bonds is 6. The van der Waals surface area contributed by atoms with Crippen molar-refractivity contribution in [2.24, 2.45) is 11.8 Å². The molecular formula is C17H21NS. The van der Waals surface area contributed by atoms with Gasteiger partial charge >= 0.3 is 0 Å². The minimum Gasteiger partial charge on any atom is -0.312 e. The van der Waals surface area contributed by atoms with Crippen LogP contribution in [0.3, 0.4) is 0 Å². The summed E-state index contributed by atoms with van der Waals surface area (Å²) in [6.07, 6.45) is 2.89. The van der Waals surface area contributed by atoms with Gasteiger partial charge in [0.1, 0.15) is 0 Å². The molecule has 1 aromatic carbocycles. The topological polar surface area (TPSA) is 12.0 Å². The van der Waals surface area contributed by atoms with Crippen molar-refractivity contribution in [3.8, 4) is 11.1 Å². The highest BCUT2D eigenvalue weighted by Crippen LogP contribution is 2.36. The Morgan fingerprint density at radius 3 is 2.74 bits per heavy atom. The zero-order valence-electron chi connectivity index (χ0n) is 11.4. The van der Waals surface area contributed by atoms with E-state index < -0.39 is 0 Å². The van der Waals surface area contributed by atoms with Gasteiger partial charge in [-0.25, -0.2) is 0 Å². The molecule has 0 saturated heterocycles. The van der Waals surface area contributed by atoms with Gasteiger partial charge in [-0.05, 0) is 53.8 Å². The Bertz CT molecular complexity index is 513.